The second-order valence-corrected chi connectivity index (χ2v) is 8.31. The maximum Gasteiger partial charge on any atom is 0.262 e. The van der Waals surface area contributed by atoms with Gasteiger partial charge in [0.25, 0.3) is 17.4 Å². The van der Waals surface area contributed by atoms with Crippen LogP contribution in [0.15, 0.2) is 59.9 Å². The Morgan fingerprint density at radius 1 is 1.00 bits per heavy atom. The van der Waals surface area contributed by atoms with Crippen molar-refractivity contribution in [3.63, 3.8) is 0 Å². The zero-order chi connectivity index (χ0) is 22.8. The summed E-state index contributed by atoms with van der Waals surface area (Å²) in [5.74, 6) is -0.233. The van der Waals surface area contributed by atoms with Crippen molar-refractivity contribution in [1.29, 1.82) is 0 Å². The molecule has 1 aliphatic heterocycles. The summed E-state index contributed by atoms with van der Waals surface area (Å²) in [4.78, 5) is 44.8. The number of hydrogen-bond acceptors (Lipinski definition) is 4. The molecule has 3 aromatic rings. The van der Waals surface area contributed by atoms with Gasteiger partial charge in [0.05, 0.1) is 10.9 Å². The number of hydrogen-bond donors (Lipinski definition) is 1. The minimum Gasteiger partial charge on any atom is -0.335 e. The molecule has 0 bridgehead atoms. The maximum atomic E-state index is 13.0. The van der Waals surface area contributed by atoms with Gasteiger partial charge in [-0.05, 0) is 54.7 Å². The number of nitrogens with zero attached hydrogens (tertiary/aromatic N) is 3. The number of nitrogens with one attached hydrogen (secondary N) is 1. The Kier molecular flexibility index (Phi) is 6.25. The SMILES string of the molecule is C=CCn1c(=S)[nH]c2cc(C(=O)N3CCN(C(=O)c4ccc(Cl)cc4)CC3)ccc2c1=O. The van der Waals surface area contributed by atoms with E-state index in [1.807, 2.05) is 0 Å². The molecule has 2 heterocycles. The number of carbonyl (C=O) groups is 2. The Morgan fingerprint density at radius 3 is 2.16 bits per heavy atom. The van der Waals surface area contributed by atoms with E-state index in [9.17, 15) is 14.4 Å². The molecule has 0 aliphatic carbocycles. The molecule has 0 unspecified atom stereocenters. The number of allylic oxidation sites excluding steroid dienone is 1. The monoisotopic (exact) mass is 468 g/mol. The quantitative estimate of drug-likeness (QED) is 0.469. The molecule has 1 saturated heterocycles. The van der Waals surface area contributed by atoms with Crippen LogP contribution in [0.2, 0.25) is 5.02 Å². The number of carbonyl (C=O) groups excluding carboxylic acids is 2. The summed E-state index contributed by atoms with van der Waals surface area (Å²) in [5.41, 5.74) is 1.32. The number of amides is 2. The summed E-state index contributed by atoms with van der Waals surface area (Å²) in [5, 5.41) is 1.03. The molecule has 1 aliphatic rings. The lowest BCUT2D eigenvalue weighted by molar-refractivity contribution is 0.0535. The third-order valence-corrected chi connectivity index (χ3v) is 6.06. The van der Waals surface area contributed by atoms with Crippen molar-refractivity contribution in [3.05, 3.63) is 86.4 Å². The molecule has 1 N–H and O–H groups in total. The number of halogens is 1. The molecule has 9 heteroatoms. The first kappa shape index (κ1) is 22.0. The number of aromatic amines is 1. The predicted molar refractivity (Wildman–Crippen MR) is 127 cm³/mol. The van der Waals surface area contributed by atoms with Crippen LogP contribution in [0.5, 0.6) is 0 Å². The Labute approximate surface area is 194 Å². The number of piperazine rings is 1. The number of H-pyrrole nitrogens is 1. The third kappa shape index (κ3) is 4.24. The van der Waals surface area contributed by atoms with E-state index in [0.717, 1.165) is 0 Å². The summed E-state index contributed by atoms with van der Waals surface area (Å²) < 4.78 is 1.70. The Morgan fingerprint density at radius 2 is 1.56 bits per heavy atom. The van der Waals surface area contributed by atoms with Crippen molar-refractivity contribution in [2.24, 2.45) is 0 Å². The molecule has 0 saturated carbocycles. The second kappa shape index (κ2) is 9.10. The van der Waals surface area contributed by atoms with E-state index in [4.69, 9.17) is 23.8 Å². The van der Waals surface area contributed by atoms with Gasteiger partial charge in [-0.15, -0.1) is 6.58 Å². The molecule has 7 nitrogen and oxygen atoms in total. The van der Waals surface area contributed by atoms with Crippen LogP contribution in [0.4, 0.5) is 0 Å². The predicted octanol–water partition coefficient (Wildman–Crippen LogP) is 3.50. The van der Waals surface area contributed by atoms with E-state index in [2.05, 4.69) is 11.6 Å². The molecule has 164 valence electrons. The molecule has 2 amide bonds. The lowest BCUT2D eigenvalue weighted by Gasteiger charge is -2.35. The van der Waals surface area contributed by atoms with E-state index in [0.29, 0.717) is 59.8 Å². The van der Waals surface area contributed by atoms with Crippen LogP contribution in [0.3, 0.4) is 0 Å². The largest absolute Gasteiger partial charge is 0.335 e. The maximum absolute atomic E-state index is 13.0. The van der Waals surface area contributed by atoms with E-state index in [-0.39, 0.29) is 22.1 Å². The molecule has 2 aromatic carbocycles. The highest BCUT2D eigenvalue weighted by molar-refractivity contribution is 7.71. The van der Waals surface area contributed by atoms with Crippen molar-refractivity contribution in [3.8, 4) is 0 Å². The first-order valence-corrected chi connectivity index (χ1v) is 10.9. The van der Waals surface area contributed by atoms with E-state index < -0.39 is 0 Å². The number of benzene rings is 2. The Bertz CT molecular complexity index is 1320. The van der Waals surface area contributed by atoms with Crippen molar-refractivity contribution in [1.82, 2.24) is 19.4 Å². The molecule has 1 aromatic heterocycles. The fraction of sp³-hybridized carbons (Fsp3) is 0.217. The zero-order valence-electron chi connectivity index (χ0n) is 17.2. The summed E-state index contributed by atoms with van der Waals surface area (Å²) in [6, 6.07) is 11.7. The fourth-order valence-corrected chi connectivity index (χ4v) is 4.15. The summed E-state index contributed by atoms with van der Waals surface area (Å²) >= 11 is 11.2. The van der Waals surface area contributed by atoms with Gasteiger partial charge < -0.3 is 14.8 Å². The molecule has 32 heavy (non-hydrogen) atoms. The van der Waals surface area contributed by atoms with Crippen LogP contribution in [-0.4, -0.2) is 57.3 Å². The Hall–Kier alpha value is -3.23. The van der Waals surface area contributed by atoms with Crippen molar-refractivity contribution < 1.29 is 9.59 Å². The van der Waals surface area contributed by atoms with Crippen molar-refractivity contribution in [2.75, 3.05) is 26.2 Å². The molecule has 0 spiro atoms. The van der Waals surface area contributed by atoms with Gasteiger partial charge >= 0.3 is 0 Å². The standard InChI is InChI=1S/C23H21ClN4O3S/c1-2-9-28-22(31)18-8-5-16(14-19(18)25-23(28)32)21(30)27-12-10-26(11-13-27)20(29)15-3-6-17(24)7-4-15/h2-8,14H,1,9-13H2,(H,25,32). The van der Waals surface area contributed by atoms with Gasteiger partial charge in [-0.25, -0.2) is 0 Å². The van der Waals surface area contributed by atoms with Gasteiger partial charge in [0.15, 0.2) is 4.77 Å². The van der Waals surface area contributed by atoms with Gasteiger partial charge in [-0.1, -0.05) is 17.7 Å². The zero-order valence-corrected chi connectivity index (χ0v) is 18.8. The van der Waals surface area contributed by atoms with Gasteiger partial charge in [0.1, 0.15) is 0 Å². The number of rotatable bonds is 4. The molecular weight excluding hydrogens is 448 g/mol. The average Bonchev–Trinajstić information content (AvgIpc) is 2.81. The van der Waals surface area contributed by atoms with E-state index in [1.54, 1.807) is 58.3 Å². The van der Waals surface area contributed by atoms with Crippen LogP contribution in [0, 0.1) is 4.77 Å². The second-order valence-electron chi connectivity index (χ2n) is 7.49. The Balaban J connectivity index is 1.49. The topological polar surface area (TPSA) is 78.4 Å². The van der Waals surface area contributed by atoms with Crippen LogP contribution in [0.1, 0.15) is 20.7 Å². The molecule has 4 rings (SSSR count). The highest BCUT2D eigenvalue weighted by Gasteiger charge is 2.25. The minimum absolute atomic E-state index is 0.0807. The van der Waals surface area contributed by atoms with Gasteiger partial charge in [0.2, 0.25) is 0 Å². The van der Waals surface area contributed by atoms with Gasteiger partial charge in [-0.3, -0.25) is 19.0 Å². The molecule has 0 atom stereocenters. The van der Waals surface area contributed by atoms with E-state index in [1.165, 1.54) is 4.57 Å². The van der Waals surface area contributed by atoms with Gasteiger partial charge in [0, 0.05) is 48.9 Å². The first-order valence-electron chi connectivity index (χ1n) is 10.1. The van der Waals surface area contributed by atoms with Crippen molar-refractivity contribution >= 4 is 46.5 Å². The number of fused-ring (bicyclic) bond motifs is 1. The van der Waals surface area contributed by atoms with Crippen LogP contribution >= 0.6 is 23.8 Å². The fourth-order valence-electron chi connectivity index (χ4n) is 3.75. The lowest BCUT2D eigenvalue weighted by Crippen LogP contribution is -2.50. The average molecular weight is 469 g/mol. The summed E-state index contributed by atoms with van der Waals surface area (Å²) in [6.45, 7) is 5.68. The molecule has 0 radical (unpaired) electrons. The summed E-state index contributed by atoms with van der Waals surface area (Å²) in [7, 11) is 0. The van der Waals surface area contributed by atoms with Crippen LogP contribution < -0.4 is 5.56 Å². The highest BCUT2D eigenvalue weighted by Crippen LogP contribution is 2.16. The van der Waals surface area contributed by atoms with E-state index >= 15 is 0 Å². The highest BCUT2D eigenvalue weighted by atomic mass is 35.5. The molecular formula is C23H21ClN4O3S. The van der Waals surface area contributed by atoms with Crippen LogP contribution in [0.25, 0.3) is 10.9 Å². The lowest BCUT2D eigenvalue weighted by atomic mass is 10.1. The smallest absolute Gasteiger partial charge is 0.262 e. The molecule has 1 fully saturated rings. The van der Waals surface area contributed by atoms with Crippen molar-refractivity contribution in [2.45, 2.75) is 6.54 Å². The normalized spacial score (nSPS) is 13.9. The minimum atomic E-state index is -0.225. The first-order chi connectivity index (χ1) is 15.4. The van der Waals surface area contributed by atoms with Crippen LogP contribution in [-0.2, 0) is 6.54 Å². The third-order valence-electron chi connectivity index (χ3n) is 5.49. The summed E-state index contributed by atoms with van der Waals surface area (Å²) in [6.07, 6.45) is 1.60. The number of aromatic nitrogens is 2. The van der Waals surface area contributed by atoms with Gasteiger partial charge in [-0.2, -0.15) is 0 Å².